The van der Waals surface area contributed by atoms with Crippen LogP contribution in [0, 0.1) is 11.7 Å². The Morgan fingerprint density at radius 1 is 0.743 bits per heavy atom. The second kappa shape index (κ2) is 12.4. The average molecular weight is 475 g/mol. The Labute approximate surface area is 212 Å². The van der Waals surface area contributed by atoms with Crippen LogP contribution in [0.25, 0.3) is 5.57 Å². The molecule has 0 bridgehead atoms. The van der Waals surface area contributed by atoms with Crippen molar-refractivity contribution in [3.05, 3.63) is 77.1 Å². The first-order chi connectivity index (χ1) is 17.0. The molecule has 0 amide bonds. The summed E-state index contributed by atoms with van der Waals surface area (Å²) in [6, 6.07) is 17.0. The molecule has 188 valence electrons. The van der Waals surface area contributed by atoms with E-state index in [0.717, 1.165) is 17.3 Å². The summed E-state index contributed by atoms with van der Waals surface area (Å²) >= 11 is 0. The van der Waals surface area contributed by atoms with Crippen LogP contribution in [0.1, 0.15) is 90.5 Å². The summed E-state index contributed by atoms with van der Waals surface area (Å²) < 4.78 is 13.9. The van der Waals surface area contributed by atoms with E-state index in [1.807, 2.05) is 6.07 Å². The van der Waals surface area contributed by atoms with Gasteiger partial charge in [0.15, 0.2) is 0 Å². The second-order valence-electron chi connectivity index (χ2n) is 10.7. The number of nitrogens with one attached hydrogen (secondary N) is 2. The molecule has 2 nitrogen and oxygen atoms in total. The Kier molecular flexibility index (Phi) is 9.06. The van der Waals surface area contributed by atoms with E-state index in [2.05, 4.69) is 67.8 Å². The summed E-state index contributed by atoms with van der Waals surface area (Å²) in [7, 11) is 0. The molecule has 0 aromatic heterocycles. The number of halogens is 1. The van der Waals surface area contributed by atoms with Gasteiger partial charge in [-0.3, -0.25) is 0 Å². The van der Waals surface area contributed by atoms with E-state index in [9.17, 15) is 4.39 Å². The molecule has 1 atom stereocenters. The predicted octanol–water partition coefficient (Wildman–Crippen LogP) is 9.37. The third-order valence-corrected chi connectivity index (χ3v) is 7.94. The topological polar surface area (TPSA) is 24.1 Å². The third kappa shape index (κ3) is 6.99. The highest BCUT2D eigenvalue weighted by atomic mass is 19.1. The van der Waals surface area contributed by atoms with Gasteiger partial charge in [0.05, 0.1) is 0 Å². The zero-order valence-corrected chi connectivity index (χ0v) is 21.9. The van der Waals surface area contributed by atoms with E-state index in [4.69, 9.17) is 0 Å². The van der Waals surface area contributed by atoms with Gasteiger partial charge in [-0.25, -0.2) is 4.39 Å². The molecule has 3 heteroatoms. The van der Waals surface area contributed by atoms with Crippen LogP contribution in [0.4, 0.5) is 15.8 Å². The van der Waals surface area contributed by atoms with E-state index < -0.39 is 0 Å². The Morgan fingerprint density at radius 3 is 1.91 bits per heavy atom. The van der Waals surface area contributed by atoms with Crippen LogP contribution in [0.15, 0.2) is 65.8 Å². The van der Waals surface area contributed by atoms with Crippen molar-refractivity contribution in [1.29, 1.82) is 0 Å². The first kappa shape index (κ1) is 25.5. The van der Waals surface area contributed by atoms with Crippen molar-refractivity contribution < 1.29 is 4.39 Å². The summed E-state index contributed by atoms with van der Waals surface area (Å²) in [5.41, 5.74) is 7.22. The van der Waals surface area contributed by atoms with Gasteiger partial charge in [0, 0.05) is 29.0 Å². The smallest absolute Gasteiger partial charge is 0.123 e. The third-order valence-electron chi connectivity index (χ3n) is 7.94. The van der Waals surface area contributed by atoms with Crippen LogP contribution in [0.2, 0.25) is 0 Å². The molecule has 0 aliphatic heterocycles. The minimum absolute atomic E-state index is 0.156. The summed E-state index contributed by atoms with van der Waals surface area (Å²) in [6.07, 6.45) is 15.6. The molecular formula is C32H43FN2. The molecule has 35 heavy (non-hydrogen) atoms. The van der Waals surface area contributed by atoms with Gasteiger partial charge in [-0.15, -0.1) is 0 Å². The Hall–Kier alpha value is -2.55. The zero-order chi connectivity index (χ0) is 24.6. The molecule has 0 heterocycles. The van der Waals surface area contributed by atoms with Gasteiger partial charge >= 0.3 is 0 Å². The Morgan fingerprint density at radius 2 is 1.34 bits per heavy atom. The molecule has 2 N–H and O–H groups in total. The standard InChI is InChI=1S/C20H26FN.C12H17N/c1-13-11-14(2)20(15(13)3)18-12-16(21)9-10-19(18)22-17-7-5-4-6-8-17;1-3-7-11(8-4-1)13-12-9-5-2-6-10-12/h9-13,17,22H,4-8H2,1-3H3;1,3-4,7-8,12-13H,2,5-6,9-10H2. The molecule has 2 aromatic carbocycles. The average Bonchev–Trinajstić information content (AvgIpc) is 3.13. The lowest BCUT2D eigenvalue weighted by atomic mass is 9.92. The van der Waals surface area contributed by atoms with Crippen LogP contribution >= 0.6 is 0 Å². The van der Waals surface area contributed by atoms with E-state index in [1.165, 1.54) is 86.6 Å². The molecule has 0 radical (unpaired) electrons. The van der Waals surface area contributed by atoms with Crippen LogP contribution in [-0.2, 0) is 0 Å². The van der Waals surface area contributed by atoms with Crippen molar-refractivity contribution >= 4 is 16.9 Å². The molecule has 0 saturated heterocycles. The molecular weight excluding hydrogens is 431 g/mol. The van der Waals surface area contributed by atoms with Crippen molar-refractivity contribution in [2.75, 3.05) is 10.6 Å². The Balaban J connectivity index is 0.000000189. The number of para-hydroxylation sites is 1. The van der Waals surface area contributed by atoms with Gasteiger partial charge in [0.25, 0.3) is 0 Å². The van der Waals surface area contributed by atoms with Crippen LogP contribution in [0.3, 0.4) is 0 Å². The minimum atomic E-state index is -0.156. The molecule has 2 aromatic rings. The second-order valence-corrected chi connectivity index (χ2v) is 10.7. The fourth-order valence-corrected chi connectivity index (χ4v) is 5.88. The highest BCUT2D eigenvalue weighted by Crippen LogP contribution is 2.41. The molecule has 3 aliphatic rings. The number of hydrogen-bond donors (Lipinski definition) is 2. The van der Waals surface area contributed by atoms with Gasteiger partial charge in [-0.2, -0.15) is 0 Å². The van der Waals surface area contributed by atoms with Gasteiger partial charge in [0.1, 0.15) is 5.82 Å². The number of allylic oxidation sites excluding steroid dienone is 4. The maximum atomic E-state index is 13.9. The highest BCUT2D eigenvalue weighted by Gasteiger charge is 2.23. The molecule has 5 rings (SSSR count). The SMILES string of the molecule is CC1=CC(C)C(C)=C1c1cc(F)ccc1NC1CCCCC1.c1ccc(NC2CCCCC2)cc1. The highest BCUT2D eigenvalue weighted by molar-refractivity contribution is 5.89. The fraction of sp³-hybridized carbons (Fsp3) is 0.500. The van der Waals surface area contributed by atoms with Crippen LogP contribution in [-0.4, -0.2) is 12.1 Å². The predicted molar refractivity (Wildman–Crippen MR) is 149 cm³/mol. The molecule has 3 aliphatic carbocycles. The summed E-state index contributed by atoms with van der Waals surface area (Å²) in [5, 5.41) is 7.26. The Bertz CT molecular complexity index is 1010. The van der Waals surface area contributed by atoms with Crippen molar-refractivity contribution in [3.8, 4) is 0 Å². The monoisotopic (exact) mass is 474 g/mol. The molecule has 1 unspecified atom stereocenters. The largest absolute Gasteiger partial charge is 0.382 e. The maximum Gasteiger partial charge on any atom is 0.123 e. The lowest BCUT2D eigenvalue weighted by molar-refractivity contribution is 0.462. The first-order valence-electron chi connectivity index (χ1n) is 13.8. The number of benzene rings is 2. The van der Waals surface area contributed by atoms with Crippen molar-refractivity contribution in [2.45, 2.75) is 97.1 Å². The summed E-state index contributed by atoms with van der Waals surface area (Å²) in [4.78, 5) is 0. The number of anilines is 2. The minimum Gasteiger partial charge on any atom is -0.382 e. The number of rotatable bonds is 5. The van der Waals surface area contributed by atoms with Gasteiger partial charge in [-0.05, 0) is 86.9 Å². The first-order valence-corrected chi connectivity index (χ1v) is 13.8. The summed E-state index contributed by atoms with van der Waals surface area (Å²) in [6.45, 7) is 6.51. The lowest BCUT2D eigenvalue weighted by Crippen LogP contribution is -2.23. The van der Waals surface area contributed by atoms with E-state index in [-0.39, 0.29) is 5.82 Å². The van der Waals surface area contributed by atoms with E-state index in [1.54, 1.807) is 12.1 Å². The van der Waals surface area contributed by atoms with Crippen LogP contribution < -0.4 is 10.6 Å². The lowest BCUT2D eigenvalue weighted by Gasteiger charge is -2.26. The van der Waals surface area contributed by atoms with Crippen molar-refractivity contribution in [2.24, 2.45) is 5.92 Å². The maximum absolute atomic E-state index is 13.9. The van der Waals surface area contributed by atoms with Gasteiger partial charge < -0.3 is 10.6 Å². The normalized spacial score (nSPS) is 21.3. The van der Waals surface area contributed by atoms with E-state index >= 15 is 0 Å². The van der Waals surface area contributed by atoms with Crippen molar-refractivity contribution in [1.82, 2.24) is 0 Å². The zero-order valence-electron chi connectivity index (χ0n) is 21.9. The fourth-order valence-electron chi connectivity index (χ4n) is 5.88. The van der Waals surface area contributed by atoms with E-state index in [0.29, 0.717) is 12.0 Å². The van der Waals surface area contributed by atoms with Gasteiger partial charge in [-0.1, -0.05) is 75.3 Å². The number of hydrogen-bond acceptors (Lipinski definition) is 2. The molecule has 2 saturated carbocycles. The molecule has 2 fully saturated rings. The van der Waals surface area contributed by atoms with Gasteiger partial charge in [0.2, 0.25) is 0 Å². The van der Waals surface area contributed by atoms with Crippen LogP contribution in [0.5, 0.6) is 0 Å². The molecule has 0 spiro atoms. The van der Waals surface area contributed by atoms with Crippen molar-refractivity contribution in [3.63, 3.8) is 0 Å². The summed E-state index contributed by atoms with van der Waals surface area (Å²) in [5.74, 6) is 0.289. The quantitative estimate of drug-likeness (QED) is 0.451.